The summed E-state index contributed by atoms with van der Waals surface area (Å²) in [7, 11) is 0. The monoisotopic (exact) mass is 392 g/mol. The summed E-state index contributed by atoms with van der Waals surface area (Å²) < 4.78 is 5.81. The summed E-state index contributed by atoms with van der Waals surface area (Å²) in [4.78, 5) is 19.6. The molecule has 5 heteroatoms. The maximum absolute atomic E-state index is 11.1. The van der Waals surface area contributed by atoms with E-state index in [0.29, 0.717) is 23.1 Å². The number of hydrogen-bond donors (Lipinski definition) is 0. The number of aromatic nitrogens is 2. The zero-order chi connectivity index (χ0) is 19.9. The Labute approximate surface area is 169 Å². The van der Waals surface area contributed by atoms with Gasteiger partial charge < -0.3 is 9.53 Å². The molecule has 0 aliphatic heterocycles. The van der Waals surface area contributed by atoms with Crippen molar-refractivity contribution in [2.45, 2.75) is 20.3 Å². The van der Waals surface area contributed by atoms with Crippen molar-refractivity contribution in [3.8, 4) is 22.8 Å². The fourth-order valence-corrected chi connectivity index (χ4v) is 2.98. The molecular formula is C23H21ClN2O2. The Balaban J connectivity index is 1.67. The van der Waals surface area contributed by atoms with Gasteiger partial charge in [0.15, 0.2) is 0 Å². The minimum absolute atomic E-state index is 0.186. The second kappa shape index (κ2) is 9.29. The van der Waals surface area contributed by atoms with E-state index in [1.54, 1.807) is 31.6 Å². The van der Waals surface area contributed by atoms with Crippen molar-refractivity contribution in [2.24, 2.45) is 5.92 Å². The summed E-state index contributed by atoms with van der Waals surface area (Å²) >= 11 is 6.37. The fraction of sp³-hybridized carbons (Fsp3) is 0.174. The number of benzene rings is 1. The van der Waals surface area contributed by atoms with Gasteiger partial charge in [0.25, 0.3) is 0 Å². The average molecular weight is 393 g/mol. The molecule has 2 aromatic heterocycles. The van der Waals surface area contributed by atoms with E-state index in [2.05, 4.69) is 9.97 Å². The molecule has 3 rings (SSSR count). The Bertz CT molecular complexity index is 970. The molecule has 0 saturated carbocycles. The van der Waals surface area contributed by atoms with E-state index in [0.717, 1.165) is 16.7 Å². The molecule has 4 nitrogen and oxygen atoms in total. The summed E-state index contributed by atoms with van der Waals surface area (Å²) in [5.74, 6) is 1.39. The average Bonchev–Trinajstić information content (AvgIpc) is 2.69. The van der Waals surface area contributed by atoms with Crippen molar-refractivity contribution < 1.29 is 9.53 Å². The van der Waals surface area contributed by atoms with Crippen molar-refractivity contribution >= 4 is 23.5 Å². The summed E-state index contributed by atoms with van der Waals surface area (Å²) in [6.07, 6.45) is 9.75. The number of ether oxygens (including phenoxy) is 1. The van der Waals surface area contributed by atoms with Gasteiger partial charge in [0.05, 0.1) is 5.02 Å². The second-order valence-corrected chi connectivity index (χ2v) is 7.07. The lowest BCUT2D eigenvalue weighted by atomic mass is 10.0. The number of pyridine rings is 2. The molecule has 0 fully saturated rings. The number of ketones is 1. The normalized spacial score (nSPS) is 12.1. The number of hydrogen-bond acceptors (Lipinski definition) is 4. The molecule has 1 aromatic carbocycles. The van der Waals surface area contributed by atoms with Crippen LogP contribution in [-0.2, 0) is 4.79 Å². The highest BCUT2D eigenvalue weighted by atomic mass is 35.5. The molecule has 0 aliphatic rings. The largest absolute Gasteiger partial charge is 0.437 e. The summed E-state index contributed by atoms with van der Waals surface area (Å²) in [5.41, 5.74) is 2.91. The van der Waals surface area contributed by atoms with Crippen LogP contribution >= 0.6 is 11.6 Å². The van der Waals surface area contributed by atoms with Gasteiger partial charge in [-0.1, -0.05) is 42.8 Å². The van der Waals surface area contributed by atoms with Crippen LogP contribution in [0, 0.1) is 5.92 Å². The van der Waals surface area contributed by atoms with E-state index in [9.17, 15) is 4.79 Å². The van der Waals surface area contributed by atoms with E-state index in [1.165, 1.54) is 0 Å². The predicted molar refractivity (Wildman–Crippen MR) is 112 cm³/mol. The van der Waals surface area contributed by atoms with Crippen molar-refractivity contribution in [2.75, 3.05) is 0 Å². The van der Waals surface area contributed by atoms with Gasteiger partial charge in [0.2, 0.25) is 5.88 Å². The molecule has 0 N–H and O–H groups in total. The molecule has 0 aliphatic carbocycles. The van der Waals surface area contributed by atoms with E-state index in [-0.39, 0.29) is 11.7 Å². The molecule has 2 heterocycles. The molecule has 0 unspecified atom stereocenters. The van der Waals surface area contributed by atoms with Crippen molar-refractivity contribution in [1.82, 2.24) is 9.97 Å². The zero-order valence-corrected chi connectivity index (χ0v) is 16.6. The second-order valence-electron chi connectivity index (χ2n) is 6.66. The van der Waals surface area contributed by atoms with Gasteiger partial charge in [-0.15, -0.1) is 0 Å². The predicted octanol–water partition coefficient (Wildman–Crippen LogP) is 6.22. The zero-order valence-electron chi connectivity index (χ0n) is 15.8. The first-order chi connectivity index (χ1) is 13.5. The van der Waals surface area contributed by atoms with Crippen LogP contribution in [0.15, 0.2) is 67.1 Å². The third kappa shape index (κ3) is 5.51. The number of halogens is 1. The SMILES string of the molecule is CC(=O)C[C@@H](C)/C=C/c1ccc(Oc2ccc(-c3cccnc3)cc2Cl)nc1. The van der Waals surface area contributed by atoms with Crippen LogP contribution in [0.2, 0.25) is 5.02 Å². The van der Waals surface area contributed by atoms with Gasteiger partial charge in [-0.05, 0) is 48.2 Å². The van der Waals surface area contributed by atoms with Crippen LogP contribution in [0.4, 0.5) is 0 Å². The Kier molecular flexibility index (Phi) is 6.56. The molecule has 0 saturated heterocycles. The molecule has 0 amide bonds. The van der Waals surface area contributed by atoms with E-state index in [4.69, 9.17) is 16.3 Å². The quantitative estimate of drug-likeness (QED) is 0.479. The van der Waals surface area contributed by atoms with Gasteiger partial charge in [-0.3, -0.25) is 4.98 Å². The lowest BCUT2D eigenvalue weighted by Gasteiger charge is -2.09. The maximum atomic E-state index is 11.1. The van der Waals surface area contributed by atoms with Gasteiger partial charge in [-0.25, -0.2) is 4.98 Å². The number of Topliss-reactive ketones (excluding diaryl/α,β-unsaturated/α-hetero) is 1. The Hall–Kier alpha value is -2.98. The third-order valence-corrected chi connectivity index (χ3v) is 4.42. The van der Waals surface area contributed by atoms with Crippen LogP contribution in [-0.4, -0.2) is 15.8 Å². The van der Waals surface area contributed by atoms with Crippen molar-refractivity contribution in [3.63, 3.8) is 0 Å². The Morgan fingerprint density at radius 3 is 2.68 bits per heavy atom. The maximum Gasteiger partial charge on any atom is 0.219 e. The first-order valence-electron chi connectivity index (χ1n) is 9.03. The highest BCUT2D eigenvalue weighted by Crippen LogP contribution is 2.32. The van der Waals surface area contributed by atoms with Crippen LogP contribution in [0.25, 0.3) is 17.2 Å². The summed E-state index contributed by atoms with van der Waals surface area (Å²) in [6.45, 7) is 3.62. The van der Waals surface area contributed by atoms with Crippen molar-refractivity contribution in [3.05, 3.63) is 77.7 Å². The van der Waals surface area contributed by atoms with Crippen molar-refractivity contribution in [1.29, 1.82) is 0 Å². The molecule has 0 radical (unpaired) electrons. The molecule has 142 valence electrons. The lowest BCUT2D eigenvalue weighted by Crippen LogP contribution is -1.97. The molecule has 0 bridgehead atoms. The van der Waals surface area contributed by atoms with Gasteiger partial charge in [0.1, 0.15) is 11.5 Å². The lowest BCUT2D eigenvalue weighted by molar-refractivity contribution is -0.117. The molecule has 28 heavy (non-hydrogen) atoms. The number of allylic oxidation sites excluding steroid dienone is 1. The first-order valence-corrected chi connectivity index (χ1v) is 9.40. The topological polar surface area (TPSA) is 52.1 Å². The molecule has 3 aromatic rings. The van der Waals surface area contributed by atoms with Gasteiger partial charge >= 0.3 is 0 Å². The van der Waals surface area contributed by atoms with Gasteiger partial charge in [0, 0.05) is 36.6 Å². The third-order valence-electron chi connectivity index (χ3n) is 4.13. The van der Waals surface area contributed by atoms with E-state index in [1.807, 2.05) is 55.5 Å². The van der Waals surface area contributed by atoms with E-state index < -0.39 is 0 Å². The summed E-state index contributed by atoms with van der Waals surface area (Å²) in [6, 6.07) is 13.2. The highest BCUT2D eigenvalue weighted by Gasteiger charge is 2.07. The first kappa shape index (κ1) is 19.8. The number of carbonyl (C=O) groups excluding carboxylic acids is 1. The minimum atomic E-state index is 0.186. The number of nitrogens with zero attached hydrogens (tertiary/aromatic N) is 2. The van der Waals surface area contributed by atoms with Crippen LogP contribution < -0.4 is 4.74 Å². The number of carbonyl (C=O) groups is 1. The smallest absolute Gasteiger partial charge is 0.219 e. The highest BCUT2D eigenvalue weighted by molar-refractivity contribution is 6.32. The molecular weight excluding hydrogens is 372 g/mol. The van der Waals surface area contributed by atoms with Crippen LogP contribution in [0.1, 0.15) is 25.8 Å². The van der Waals surface area contributed by atoms with E-state index >= 15 is 0 Å². The Morgan fingerprint density at radius 2 is 2.04 bits per heavy atom. The standard InChI is InChI=1S/C23H21ClN2O2/c1-16(12-17(2)27)5-6-18-7-10-23(26-14-18)28-22-9-8-19(13-21(22)24)20-4-3-11-25-15-20/h3-11,13-16H,12H2,1-2H3/b6-5+/t16-/m0/s1. The van der Waals surface area contributed by atoms with Crippen LogP contribution in [0.5, 0.6) is 11.6 Å². The molecule has 0 spiro atoms. The minimum Gasteiger partial charge on any atom is -0.437 e. The number of rotatable bonds is 7. The fourth-order valence-electron chi connectivity index (χ4n) is 2.76. The van der Waals surface area contributed by atoms with Gasteiger partial charge in [-0.2, -0.15) is 0 Å². The Morgan fingerprint density at radius 1 is 1.18 bits per heavy atom. The molecule has 1 atom stereocenters. The van der Waals surface area contributed by atoms with Crippen LogP contribution in [0.3, 0.4) is 0 Å². The summed E-state index contributed by atoms with van der Waals surface area (Å²) in [5, 5.41) is 0.505.